The van der Waals surface area contributed by atoms with Crippen LogP contribution < -0.4 is 27.0 Å². The first-order chi connectivity index (χ1) is 22.4. The Morgan fingerprint density at radius 3 is 1.77 bits per heavy atom. The van der Waals surface area contributed by atoms with Crippen LogP contribution in [0.15, 0.2) is 60.7 Å². The Morgan fingerprint density at radius 2 is 1.26 bits per heavy atom. The molecule has 1 heterocycles. The van der Waals surface area contributed by atoms with Crippen LogP contribution in [-0.2, 0) is 41.6 Å². The van der Waals surface area contributed by atoms with E-state index < -0.39 is 66.4 Å². The molecule has 0 saturated carbocycles. The highest BCUT2D eigenvalue weighted by atomic mass is 16.3. The van der Waals surface area contributed by atoms with Gasteiger partial charge in [0.05, 0.1) is 6.61 Å². The first-order valence-corrected chi connectivity index (χ1v) is 15.9. The summed E-state index contributed by atoms with van der Waals surface area (Å²) in [6.45, 7) is 4.74. The fourth-order valence-electron chi connectivity index (χ4n) is 5.53. The van der Waals surface area contributed by atoms with E-state index in [2.05, 4.69) is 21.3 Å². The van der Waals surface area contributed by atoms with Gasteiger partial charge in [-0.15, -0.1) is 0 Å². The molecule has 7 N–H and O–H groups in total. The second kappa shape index (κ2) is 17.8. The van der Waals surface area contributed by atoms with Gasteiger partial charge in [-0.3, -0.25) is 28.8 Å². The third kappa shape index (κ3) is 11.2. The molecule has 13 nitrogen and oxygen atoms in total. The zero-order chi connectivity index (χ0) is 34.5. The predicted molar refractivity (Wildman–Crippen MR) is 174 cm³/mol. The van der Waals surface area contributed by atoms with Crippen molar-refractivity contribution in [1.82, 2.24) is 26.2 Å². The van der Waals surface area contributed by atoms with E-state index >= 15 is 0 Å². The van der Waals surface area contributed by atoms with Crippen LogP contribution in [0.1, 0.15) is 51.2 Å². The van der Waals surface area contributed by atoms with Crippen molar-refractivity contribution in [3.8, 4) is 0 Å². The number of aliphatic hydroxyl groups excluding tert-OH is 1. The third-order valence-corrected chi connectivity index (χ3v) is 7.97. The molecule has 1 aliphatic rings. The molecule has 3 rings (SSSR count). The Morgan fingerprint density at radius 1 is 0.766 bits per heavy atom. The fraction of sp³-hybridized carbons (Fsp3) is 0.471. The number of hydrogen-bond acceptors (Lipinski definition) is 7. The summed E-state index contributed by atoms with van der Waals surface area (Å²) in [5, 5.41) is 20.5. The summed E-state index contributed by atoms with van der Waals surface area (Å²) >= 11 is 0. The van der Waals surface area contributed by atoms with Crippen molar-refractivity contribution < 1.29 is 33.9 Å². The molecule has 0 bridgehead atoms. The SMILES string of the molecule is CC(=O)N1CCC[C@H]1C(=O)N[C@@H](CO)C(=O)N[C@H](CC(C)C)C(=O)N[C@@H](Cc1ccccc1)C(=O)N[C@@H](Cc1ccccc1)C(N)=O. The normalized spacial score (nSPS) is 16.8. The maximum absolute atomic E-state index is 13.7. The highest BCUT2D eigenvalue weighted by Crippen LogP contribution is 2.17. The van der Waals surface area contributed by atoms with Crippen LogP contribution >= 0.6 is 0 Å². The van der Waals surface area contributed by atoms with Crippen molar-refractivity contribution in [2.75, 3.05) is 13.2 Å². The molecular weight excluding hydrogens is 604 g/mol. The number of nitrogens with zero attached hydrogens (tertiary/aromatic N) is 1. The quantitative estimate of drug-likeness (QED) is 0.146. The molecular formula is C34H46N6O7. The third-order valence-electron chi connectivity index (χ3n) is 7.97. The maximum atomic E-state index is 13.7. The maximum Gasteiger partial charge on any atom is 0.245 e. The standard InChI is InChI=1S/C34H46N6O7/c1-21(2)17-26(37-33(46)28(20-41)39-34(47)29-15-10-16-40(29)22(3)42)31(44)38-27(19-24-13-8-5-9-14-24)32(45)36-25(30(35)43)18-23-11-6-4-7-12-23/h4-9,11-14,21,25-29,41H,10,15-20H2,1-3H3,(H2,35,43)(H,36,45)(H,37,46)(H,38,44)(H,39,47)/t25-,26+,27-,28-,29-/m0/s1. The van der Waals surface area contributed by atoms with Crippen LogP contribution in [0.4, 0.5) is 0 Å². The molecule has 0 spiro atoms. The molecule has 47 heavy (non-hydrogen) atoms. The topological polar surface area (TPSA) is 200 Å². The first kappa shape index (κ1) is 36.7. The van der Waals surface area contributed by atoms with E-state index in [0.29, 0.717) is 19.4 Å². The highest BCUT2D eigenvalue weighted by molar-refractivity contribution is 5.96. The summed E-state index contributed by atoms with van der Waals surface area (Å²) in [5.41, 5.74) is 7.15. The lowest BCUT2D eigenvalue weighted by Crippen LogP contribution is -2.60. The molecule has 6 amide bonds. The number of likely N-dealkylation sites (tertiary alicyclic amines) is 1. The van der Waals surface area contributed by atoms with Crippen LogP contribution in [-0.4, -0.2) is 88.8 Å². The van der Waals surface area contributed by atoms with E-state index in [9.17, 15) is 33.9 Å². The lowest BCUT2D eigenvalue weighted by molar-refractivity contribution is -0.139. The Labute approximate surface area is 275 Å². The molecule has 0 aliphatic carbocycles. The molecule has 1 aliphatic heterocycles. The molecule has 1 saturated heterocycles. The number of aliphatic hydroxyl groups is 1. The monoisotopic (exact) mass is 650 g/mol. The highest BCUT2D eigenvalue weighted by Gasteiger charge is 2.36. The minimum atomic E-state index is -1.38. The van der Waals surface area contributed by atoms with Gasteiger partial charge in [0.1, 0.15) is 30.2 Å². The summed E-state index contributed by atoms with van der Waals surface area (Å²) in [5.74, 6) is -3.74. The van der Waals surface area contributed by atoms with Crippen molar-refractivity contribution in [3.05, 3.63) is 71.8 Å². The smallest absolute Gasteiger partial charge is 0.245 e. The van der Waals surface area contributed by atoms with Gasteiger partial charge in [0, 0.05) is 26.3 Å². The van der Waals surface area contributed by atoms with Crippen LogP contribution in [0.5, 0.6) is 0 Å². The van der Waals surface area contributed by atoms with E-state index in [1.807, 2.05) is 26.0 Å². The van der Waals surface area contributed by atoms with Gasteiger partial charge in [-0.1, -0.05) is 74.5 Å². The van der Waals surface area contributed by atoms with E-state index in [1.165, 1.54) is 11.8 Å². The number of nitrogens with two attached hydrogens (primary N) is 1. The molecule has 254 valence electrons. The molecule has 1 fully saturated rings. The molecule has 2 aromatic rings. The molecule has 0 aromatic heterocycles. The van der Waals surface area contributed by atoms with E-state index in [-0.39, 0.29) is 31.1 Å². The Kier molecular flexibility index (Phi) is 13.9. The zero-order valence-corrected chi connectivity index (χ0v) is 27.1. The average molecular weight is 651 g/mol. The summed E-state index contributed by atoms with van der Waals surface area (Å²) < 4.78 is 0. The molecule has 5 atom stereocenters. The number of nitrogens with one attached hydrogen (secondary N) is 4. The van der Waals surface area contributed by atoms with Crippen molar-refractivity contribution in [2.45, 2.75) is 83.1 Å². The van der Waals surface area contributed by atoms with Crippen molar-refractivity contribution in [2.24, 2.45) is 11.7 Å². The Hall–Kier alpha value is -4.78. The fourth-order valence-corrected chi connectivity index (χ4v) is 5.53. The Bertz CT molecular complexity index is 1390. The molecule has 2 aromatic carbocycles. The lowest BCUT2D eigenvalue weighted by atomic mass is 10.00. The number of amides is 6. The second-order valence-electron chi connectivity index (χ2n) is 12.2. The van der Waals surface area contributed by atoms with Gasteiger partial charge in [-0.05, 0) is 36.3 Å². The summed E-state index contributed by atoms with van der Waals surface area (Å²) in [6, 6.07) is 12.6. The number of rotatable bonds is 16. The summed E-state index contributed by atoms with van der Waals surface area (Å²) in [4.78, 5) is 79.1. The first-order valence-electron chi connectivity index (χ1n) is 15.9. The number of carbonyl (C=O) groups excluding carboxylic acids is 6. The number of primary amides is 1. The van der Waals surface area contributed by atoms with Gasteiger partial charge in [0.2, 0.25) is 35.4 Å². The largest absolute Gasteiger partial charge is 0.394 e. The van der Waals surface area contributed by atoms with Crippen molar-refractivity contribution >= 4 is 35.4 Å². The minimum absolute atomic E-state index is 0.0673. The molecule has 0 unspecified atom stereocenters. The van der Waals surface area contributed by atoms with E-state index in [0.717, 1.165) is 11.1 Å². The van der Waals surface area contributed by atoms with Gasteiger partial charge in [0.15, 0.2) is 0 Å². The van der Waals surface area contributed by atoms with E-state index in [4.69, 9.17) is 5.73 Å². The molecule has 13 heteroatoms. The van der Waals surface area contributed by atoms with Crippen LogP contribution in [0.2, 0.25) is 0 Å². The summed E-state index contributed by atoms with van der Waals surface area (Å²) in [6.07, 6.45) is 1.48. The number of hydrogen-bond donors (Lipinski definition) is 6. The van der Waals surface area contributed by atoms with Crippen molar-refractivity contribution in [3.63, 3.8) is 0 Å². The predicted octanol–water partition coefficient (Wildman–Crippen LogP) is -0.0544. The zero-order valence-electron chi connectivity index (χ0n) is 27.1. The van der Waals surface area contributed by atoms with Gasteiger partial charge >= 0.3 is 0 Å². The van der Waals surface area contributed by atoms with Crippen LogP contribution in [0.25, 0.3) is 0 Å². The lowest BCUT2D eigenvalue weighted by Gasteiger charge is -2.28. The van der Waals surface area contributed by atoms with Gasteiger partial charge < -0.3 is 37.0 Å². The number of carbonyl (C=O) groups is 6. The number of benzene rings is 2. The van der Waals surface area contributed by atoms with Crippen LogP contribution in [0.3, 0.4) is 0 Å². The molecule has 0 radical (unpaired) electrons. The minimum Gasteiger partial charge on any atom is -0.394 e. The van der Waals surface area contributed by atoms with Gasteiger partial charge in [0.25, 0.3) is 0 Å². The van der Waals surface area contributed by atoms with Crippen LogP contribution in [0, 0.1) is 5.92 Å². The Balaban J connectivity index is 1.76. The second-order valence-corrected chi connectivity index (χ2v) is 12.2. The van der Waals surface area contributed by atoms with Gasteiger partial charge in [-0.25, -0.2) is 0 Å². The van der Waals surface area contributed by atoms with Gasteiger partial charge in [-0.2, -0.15) is 0 Å². The average Bonchev–Trinajstić information content (AvgIpc) is 3.54. The summed E-state index contributed by atoms with van der Waals surface area (Å²) in [7, 11) is 0. The van der Waals surface area contributed by atoms with E-state index in [1.54, 1.807) is 48.5 Å². The van der Waals surface area contributed by atoms with Crippen molar-refractivity contribution in [1.29, 1.82) is 0 Å².